The molecule has 3 aromatic rings. The largest absolute Gasteiger partial charge is 0.462 e. The standard InChI is InChI=1S/C28H27FN2O3/c1-6-34-28(33)26-20(5)31(22-13-11-17(2)12-14-22)27(32)23(26)16-21-15-18(3)30(19(21)4)25-10-8-7-9-24(25)29/h7-16H,6H2,1-5H3/b23-16-. The fourth-order valence-corrected chi connectivity index (χ4v) is 4.38. The number of amides is 1. The van der Waals surface area contributed by atoms with Gasteiger partial charge in [-0.3, -0.25) is 9.69 Å². The first-order valence-corrected chi connectivity index (χ1v) is 11.2. The molecule has 1 amide bonds. The SMILES string of the molecule is CCOC(=O)C1=C(C)N(c2ccc(C)cc2)C(=O)/C1=C\c1cc(C)n(-c2ccccc2F)c1C. The summed E-state index contributed by atoms with van der Waals surface area (Å²) >= 11 is 0. The molecule has 2 aromatic carbocycles. The number of rotatable bonds is 5. The van der Waals surface area contributed by atoms with Gasteiger partial charge in [0, 0.05) is 22.8 Å². The summed E-state index contributed by atoms with van der Waals surface area (Å²) < 4.78 is 21.6. The third-order valence-corrected chi connectivity index (χ3v) is 6.04. The van der Waals surface area contributed by atoms with Crippen molar-refractivity contribution in [1.82, 2.24) is 4.57 Å². The fourth-order valence-electron chi connectivity index (χ4n) is 4.38. The van der Waals surface area contributed by atoms with Crippen LogP contribution in [0, 0.1) is 26.6 Å². The summed E-state index contributed by atoms with van der Waals surface area (Å²) in [7, 11) is 0. The highest BCUT2D eigenvalue weighted by Gasteiger charge is 2.38. The molecule has 0 spiro atoms. The second-order valence-electron chi connectivity index (χ2n) is 8.33. The number of ether oxygens (including phenoxy) is 1. The zero-order chi connectivity index (χ0) is 24.6. The Morgan fingerprint density at radius 3 is 2.35 bits per heavy atom. The number of nitrogens with zero attached hydrogens (tertiary/aromatic N) is 2. The Bertz CT molecular complexity index is 1350. The molecular formula is C28H27FN2O3. The molecule has 0 saturated carbocycles. The number of para-hydroxylation sites is 1. The quantitative estimate of drug-likeness (QED) is 0.358. The van der Waals surface area contributed by atoms with Crippen LogP contribution < -0.4 is 4.90 Å². The van der Waals surface area contributed by atoms with Crippen molar-refractivity contribution in [3.8, 4) is 5.69 Å². The second-order valence-corrected chi connectivity index (χ2v) is 8.33. The minimum Gasteiger partial charge on any atom is -0.462 e. The summed E-state index contributed by atoms with van der Waals surface area (Å²) in [5.74, 6) is -1.19. The van der Waals surface area contributed by atoms with Gasteiger partial charge in [-0.1, -0.05) is 29.8 Å². The van der Waals surface area contributed by atoms with Gasteiger partial charge in [0.1, 0.15) is 5.82 Å². The fraction of sp³-hybridized carbons (Fsp3) is 0.214. The third-order valence-electron chi connectivity index (χ3n) is 6.04. The average molecular weight is 459 g/mol. The molecule has 6 heteroatoms. The lowest BCUT2D eigenvalue weighted by atomic mass is 10.0. The van der Waals surface area contributed by atoms with Crippen LogP contribution in [0.4, 0.5) is 10.1 Å². The zero-order valence-electron chi connectivity index (χ0n) is 20.0. The Balaban J connectivity index is 1.86. The molecule has 0 fully saturated rings. The number of benzene rings is 2. The number of carbonyl (C=O) groups is 2. The maximum absolute atomic E-state index is 14.5. The Labute approximate surface area is 198 Å². The second kappa shape index (κ2) is 9.14. The van der Waals surface area contributed by atoms with Gasteiger partial charge in [0.15, 0.2) is 0 Å². The van der Waals surface area contributed by atoms with Crippen molar-refractivity contribution < 1.29 is 18.7 Å². The number of aryl methyl sites for hydroxylation is 2. The molecule has 4 rings (SSSR count). The van der Waals surface area contributed by atoms with Gasteiger partial charge < -0.3 is 9.30 Å². The molecule has 1 aliphatic rings. The van der Waals surface area contributed by atoms with Crippen LogP contribution in [0.25, 0.3) is 11.8 Å². The van der Waals surface area contributed by atoms with Crippen LogP contribution in [0.15, 0.2) is 71.4 Å². The molecule has 0 bridgehead atoms. The van der Waals surface area contributed by atoms with Gasteiger partial charge in [0.25, 0.3) is 5.91 Å². The third kappa shape index (κ3) is 3.96. The van der Waals surface area contributed by atoms with Gasteiger partial charge in [-0.25, -0.2) is 9.18 Å². The van der Waals surface area contributed by atoms with Crippen LogP contribution in [0.2, 0.25) is 0 Å². The minimum atomic E-state index is -0.544. The van der Waals surface area contributed by atoms with Crippen LogP contribution in [0.1, 0.15) is 36.4 Å². The molecule has 0 saturated heterocycles. The van der Waals surface area contributed by atoms with E-state index in [0.717, 1.165) is 22.5 Å². The molecule has 1 aromatic heterocycles. The highest BCUT2D eigenvalue weighted by Crippen LogP contribution is 2.36. The summed E-state index contributed by atoms with van der Waals surface area (Å²) in [6, 6.07) is 16.0. The van der Waals surface area contributed by atoms with Gasteiger partial charge in [-0.15, -0.1) is 0 Å². The number of halogens is 1. The first-order chi connectivity index (χ1) is 16.2. The van der Waals surface area contributed by atoms with Crippen LogP contribution in [-0.4, -0.2) is 23.1 Å². The maximum Gasteiger partial charge on any atom is 0.340 e. The van der Waals surface area contributed by atoms with E-state index in [-0.39, 0.29) is 29.5 Å². The van der Waals surface area contributed by atoms with Crippen molar-refractivity contribution in [2.75, 3.05) is 11.5 Å². The summed E-state index contributed by atoms with van der Waals surface area (Å²) in [4.78, 5) is 28.0. The molecule has 0 unspecified atom stereocenters. The van der Waals surface area contributed by atoms with Crippen molar-refractivity contribution in [3.05, 3.63) is 99.8 Å². The van der Waals surface area contributed by atoms with Crippen LogP contribution in [-0.2, 0) is 14.3 Å². The van der Waals surface area contributed by atoms with E-state index in [1.165, 1.54) is 11.0 Å². The van der Waals surface area contributed by atoms with E-state index < -0.39 is 5.97 Å². The topological polar surface area (TPSA) is 51.5 Å². The number of esters is 1. The Morgan fingerprint density at radius 1 is 1.03 bits per heavy atom. The highest BCUT2D eigenvalue weighted by atomic mass is 19.1. The van der Waals surface area contributed by atoms with Crippen LogP contribution in [0.3, 0.4) is 0 Å². The van der Waals surface area contributed by atoms with Gasteiger partial charge in [-0.05, 0) is 76.6 Å². The summed E-state index contributed by atoms with van der Waals surface area (Å²) in [6.45, 7) is 9.39. The molecule has 34 heavy (non-hydrogen) atoms. The zero-order valence-corrected chi connectivity index (χ0v) is 20.0. The molecule has 0 aliphatic carbocycles. The Hall–Kier alpha value is -3.93. The maximum atomic E-state index is 14.5. The van der Waals surface area contributed by atoms with E-state index in [1.807, 2.05) is 51.1 Å². The average Bonchev–Trinajstić information content (AvgIpc) is 3.21. The highest BCUT2D eigenvalue weighted by molar-refractivity contribution is 6.23. The van der Waals surface area contributed by atoms with Crippen molar-refractivity contribution in [3.63, 3.8) is 0 Å². The lowest BCUT2D eigenvalue weighted by Crippen LogP contribution is -2.24. The molecule has 5 nitrogen and oxygen atoms in total. The smallest absolute Gasteiger partial charge is 0.340 e. The first-order valence-electron chi connectivity index (χ1n) is 11.2. The van der Waals surface area contributed by atoms with E-state index >= 15 is 0 Å². The monoisotopic (exact) mass is 458 g/mol. The van der Waals surface area contributed by atoms with Crippen molar-refractivity contribution in [2.45, 2.75) is 34.6 Å². The molecule has 174 valence electrons. The van der Waals surface area contributed by atoms with Crippen molar-refractivity contribution in [1.29, 1.82) is 0 Å². The summed E-state index contributed by atoms with van der Waals surface area (Å²) in [5, 5.41) is 0. The number of hydrogen-bond donors (Lipinski definition) is 0. The number of hydrogen-bond acceptors (Lipinski definition) is 3. The molecule has 1 aliphatic heterocycles. The minimum absolute atomic E-state index is 0.198. The van der Waals surface area contributed by atoms with E-state index in [4.69, 9.17) is 4.74 Å². The van der Waals surface area contributed by atoms with Crippen LogP contribution >= 0.6 is 0 Å². The van der Waals surface area contributed by atoms with Gasteiger partial charge in [0.05, 0.1) is 23.4 Å². The summed E-state index contributed by atoms with van der Waals surface area (Å²) in [6.07, 6.45) is 1.70. The van der Waals surface area contributed by atoms with Gasteiger partial charge in [0.2, 0.25) is 0 Å². The molecule has 0 atom stereocenters. The predicted molar refractivity (Wildman–Crippen MR) is 131 cm³/mol. The van der Waals surface area contributed by atoms with E-state index in [2.05, 4.69) is 0 Å². The number of anilines is 1. The lowest BCUT2D eigenvalue weighted by Gasteiger charge is -2.18. The summed E-state index contributed by atoms with van der Waals surface area (Å²) in [5.41, 5.74) is 5.48. The number of allylic oxidation sites excluding steroid dienone is 1. The first kappa shape index (κ1) is 23.2. The Kier molecular flexibility index (Phi) is 6.24. The number of aromatic nitrogens is 1. The van der Waals surface area contributed by atoms with Crippen molar-refractivity contribution >= 4 is 23.6 Å². The lowest BCUT2D eigenvalue weighted by molar-refractivity contribution is -0.138. The molecule has 2 heterocycles. The van der Waals surface area contributed by atoms with Crippen molar-refractivity contribution in [2.24, 2.45) is 0 Å². The Morgan fingerprint density at radius 2 is 1.71 bits per heavy atom. The molecule has 0 radical (unpaired) electrons. The molecular weight excluding hydrogens is 431 g/mol. The van der Waals surface area contributed by atoms with Gasteiger partial charge in [-0.2, -0.15) is 0 Å². The predicted octanol–water partition coefficient (Wildman–Crippen LogP) is 5.81. The molecule has 0 N–H and O–H groups in total. The van der Waals surface area contributed by atoms with E-state index in [1.54, 1.807) is 42.7 Å². The van der Waals surface area contributed by atoms with Gasteiger partial charge >= 0.3 is 5.97 Å². The van der Waals surface area contributed by atoms with Crippen LogP contribution in [0.5, 0.6) is 0 Å². The normalized spacial score (nSPS) is 14.9. The van der Waals surface area contributed by atoms with E-state index in [9.17, 15) is 14.0 Å². The number of carbonyl (C=O) groups excluding carboxylic acids is 2. The van der Waals surface area contributed by atoms with E-state index in [0.29, 0.717) is 17.1 Å².